The van der Waals surface area contributed by atoms with Gasteiger partial charge in [-0.2, -0.15) is 0 Å². The van der Waals surface area contributed by atoms with Gasteiger partial charge in [-0.25, -0.2) is 4.79 Å². The number of rotatable bonds is 5. The van der Waals surface area contributed by atoms with Gasteiger partial charge in [-0.1, -0.05) is 55.5 Å². The summed E-state index contributed by atoms with van der Waals surface area (Å²) in [6.45, 7) is 5.10. The molecule has 1 amide bonds. The maximum Gasteiger partial charge on any atom is 0.357 e. The van der Waals surface area contributed by atoms with Gasteiger partial charge in [0.15, 0.2) is 5.78 Å². The number of carbonyl (C=O) groups is 3. The van der Waals surface area contributed by atoms with E-state index in [4.69, 9.17) is 4.52 Å². The second-order valence-corrected chi connectivity index (χ2v) is 8.37. The topological polar surface area (TPSA) is 83.9 Å². The monoisotopic (exact) mass is 437 g/mol. The van der Waals surface area contributed by atoms with Crippen LogP contribution >= 0.6 is 9.47 Å². The Morgan fingerprint density at radius 3 is 2.03 bits per heavy atom. The maximum atomic E-state index is 12.6. The van der Waals surface area contributed by atoms with E-state index >= 15 is 0 Å². The number of β-lactam (4-membered cyclic amide) rings is 1. The Morgan fingerprint density at radius 1 is 1.03 bits per heavy atom. The summed E-state index contributed by atoms with van der Waals surface area (Å²) in [5.41, 5.74) is 4.42. The molecule has 0 aromatic heterocycles. The summed E-state index contributed by atoms with van der Waals surface area (Å²) in [5.74, 6) is -1.48. The second kappa shape index (κ2) is 8.03. The highest BCUT2D eigenvalue weighted by molar-refractivity contribution is 7.10. The van der Waals surface area contributed by atoms with E-state index < -0.39 is 18.0 Å². The highest BCUT2D eigenvalue weighted by atomic mass is 31.0. The van der Waals surface area contributed by atoms with E-state index in [9.17, 15) is 19.5 Å². The number of hydrogen-bond acceptors (Lipinski definition) is 5. The minimum absolute atomic E-state index is 0.0206. The third kappa shape index (κ3) is 3.40. The summed E-state index contributed by atoms with van der Waals surface area (Å²) in [6.07, 6.45) is -0.788. The number of hydrogen-bond donors (Lipinski definition) is 1. The van der Waals surface area contributed by atoms with Gasteiger partial charge in [0.25, 0.3) is 0 Å². The first-order chi connectivity index (χ1) is 14.8. The van der Waals surface area contributed by atoms with Crippen LogP contribution in [0.3, 0.4) is 0 Å². The molecule has 7 heteroatoms. The molecule has 0 radical (unpaired) electrons. The first kappa shape index (κ1) is 21.4. The van der Waals surface area contributed by atoms with Gasteiger partial charge in [-0.15, -0.1) is 0 Å². The molecule has 2 heterocycles. The number of fused-ring (bicyclic) bond motifs is 1. The van der Waals surface area contributed by atoms with Crippen molar-refractivity contribution in [2.75, 3.05) is 0 Å². The normalized spacial score (nSPS) is 23.3. The van der Waals surface area contributed by atoms with Gasteiger partial charge < -0.3 is 14.5 Å². The van der Waals surface area contributed by atoms with Crippen LogP contribution < -0.4 is 0 Å². The molecule has 0 saturated carbocycles. The van der Waals surface area contributed by atoms with Crippen LogP contribution in [0.1, 0.15) is 36.7 Å². The van der Waals surface area contributed by atoms with Crippen molar-refractivity contribution in [3.05, 3.63) is 65.4 Å². The molecule has 5 atom stereocenters. The molecule has 6 nitrogen and oxygen atoms in total. The van der Waals surface area contributed by atoms with Gasteiger partial charge in [-0.3, -0.25) is 9.59 Å². The highest BCUT2D eigenvalue weighted by Gasteiger charge is 2.60. The number of benzene rings is 2. The Labute approximate surface area is 183 Å². The SMILES string of the molecule is CC(=O)c1ccc(-c2ccc(C3=C(C(=O)OP)N4C(=O)[C@H]([C@@H](C)O)[C@H]4[C@H]3C)cc2)cc1. The van der Waals surface area contributed by atoms with Gasteiger partial charge in [0.05, 0.1) is 27.5 Å². The average Bonchev–Trinajstić information content (AvgIpc) is 3.01. The highest BCUT2D eigenvalue weighted by Crippen LogP contribution is 2.50. The zero-order valence-electron chi connectivity index (χ0n) is 17.5. The molecular formula is C24H24NO5P. The van der Waals surface area contributed by atoms with Crippen LogP contribution in [0.4, 0.5) is 0 Å². The summed E-state index contributed by atoms with van der Waals surface area (Å²) in [7, 11) is 1.94. The second-order valence-electron chi connectivity index (χ2n) is 8.13. The molecule has 31 heavy (non-hydrogen) atoms. The molecule has 1 N–H and O–H groups in total. The van der Waals surface area contributed by atoms with Gasteiger partial charge in [0, 0.05) is 11.5 Å². The summed E-state index contributed by atoms with van der Waals surface area (Å²) >= 11 is 0. The van der Waals surface area contributed by atoms with Crippen LogP contribution in [0.15, 0.2) is 54.2 Å². The average molecular weight is 437 g/mol. The Morgan fingerprint density at radius 2 is 1.55 bits per heavy atom. The van der Waals surface area contributed by atoms with E-state index in [1.807, 2.05) is 52.8 Å². The Balaban J connectivity index is 1.70. The molecule has 0 aliphatic carbocycles. The molecule has 1 fully saturated rings. The van der Waals surface area contributed by atoms with Crippen molar-refractivity contribution in [3.63, 3.8) is 0 Å². The standard InChI is InChI=1S/C24H24NO5P/c1-12-19(22(24(29)30-31)25-21(12)20(14(3)27)23(25)28)18-10-8-17(9-11-18)16-6-4-15(5-7-16)13(2)26/h4-12,14,20-21,27H,31H2,1-3H3/t12-,14+,20+,21+/m0/s1. The van der Waals surface area contributed by atoms with Gasteiger partial charge in [-0.05, 0) is 36.1 Å². The fraction of sp³-hybridized carbons (Fsp3) is 0.292. The molecule has 2 aromatic carbocycles. The number of aliphatic hydroxyl groups is 1. The number of carbonyl (C=O) groups excluding carboxylic acids is 3. The summed E-state index contributed by atoms with van der Waals surface area (Å²) in [6, 6.07) is 14.9. The number of amides is 1. The van der Waals surface area contributed by atoms with E-state index in [0.717, 1.165) is 22.3 Å². The molecule has 1 unspecified atom stereocenters. The minimum atomic E-state index is -0.788. The molecule has 1 saturated heterocycles. The van der Waals surface area contributed by atoms with Crippen molar-refractivity contribution in [2.24, 2.45) is 11.8 Å². The molecule has 4 rings (SSSR count). The number of nitrogens with zero attached hydrogens (tertiary/aromatic N) is 1. The largest absolute Gasteiger partial charge is 0.447 e. The van der Waals surface area contributed by atoms with Crippen molar-refractivity contribution in [1.29, 1.82) is 0 Å². The first-order valence-electron chi connectivity index (χ1n) is 10.1. The number of aliphatic hydroxyl groups excluding tert-OH is 1. The lowest BCUT2D eigenvalue weighted by molar-refractivity contribution is -0.162. The van der Waals surface area contributed by atoms with Crippen molar-refractivity contribution < 1.29 is 24.0 Å². The molecule has 160 valence electrons. The van der Waals surface area contributed by atoms with Gasteiger partial charge in [0.2, 0.25) is 5.91 Å². The number of ketones is 1. The summed E-state index contributed by atoms with van der Waals surface area (Å²) in [4.78, 5) is 38.1. The first-order valence-corrected chi connectivity index (χ1v) is 10.6. The third-order valence-electron chi connectivity index (χ3n) is 6.29. The van der Waals surface area contributed by atoms with Crippen LogP contribution in [0, 0.1) is 11.8 Å². The third-order valence-corrected chi connectivity index (χ3v) is 6.51. The van der Waals surface area contributed by atoms with Crippen LogP contribution in [0.2, 0.25) is 0 Å². The molecule has 2 aliphatic rings. The van der Waals surface area contributed by atoms with E-state index in [1.54, 1.807) is 19.1 Å². The van der Waals surface area contributed by atoms with E-state index in [1.165, 1.54) is 11.8 Å². The van der Waals surface area contributed by atoms with E-state index in [0.29, 0.717) is 5.56 Å². The lowest BCUT2D eigenvalue weighted by Crippen LogP contribution is -2.63. The van der Waals surface area contributed by atoms with Crippen LogP contribution in [-0.2, 0) is 14.1 Å². The van der Waals surface area contributed by atoms with Crippen LogP contribution in [0.25, 0.3) is 16.7 Å². The minimum Gasteiger partial charge on any atom is -0.447 e. The Hall–Kier alpha value is -2.82. The zero-order chi connectivity index (χ0) is 22.4. The fourth-order valence-electron chi connectivity index (χ4n) is 4.74. The Kier molecular flexibility index (Phi) is 5.54. The Bertz CT molecular complexity index is 1090. The quantitative estimate of drug-likeness (QED) is 0.440. The van der Waals surface area contributed by atoms with Crippen molar-refractivity contribution in [3.8, 4) is 11.1 Å². The molecule has 0 spiro atoms. The lowest BCUT2D eigenvalue weighted by atomic mass is 9.77. The molecule has 2 aliphatic heterocycles. The predicted octanol–water partition coefficient (Wildman–Crippen LogP) is 3.46. The smallest absolute Gasteiger partial charge is 0.357 e. The predicted molar refractivity (Wildman–Crippen MR) is 120 cm³/mol. The van der Waals surface area contributed by atoms with Gasteiger partial charge in [0.1, 0.15) is 5.70 Å². The van der Waals surface area contributed by atoms with E-state index in [2.05, 4.69) is 0 Å². The zero-order valence-corrected chi connectivity index (χ0v) is 18.7. The van der Waals surface area contributed by atoms with Crippen LogP contribution in [-0.4, -0.2) is 39.8 Å². The lowest BCUT2D eigenvalue weighted by Gasteiger charge is -2.46. The summed E-state index contributed by atoms with van der Waals surface area (Å²) in [5, 5.41) is 10.1. The maximum absolute atomic E-state index is 12.6. The van der Waals surface area contributed by atoms with Crippen molar-refractivity contribution >= 4 is 32.7 Å². The van der Waals surface area contributed by atoms with Gasteiger partial charge >= 0.3 is 5.97 Å². The fourth-order valence-corrected chi connectivity index (χ4v) is 4.85. The molecule has 0 bridgehead atoms. The molecule has 2 aromatic rings. The van der Waals surface area contributed by atoms with Crippen molar-refractivity contribution in [2.45, 2.75) is 32.9 Å². The van der Waals surface area contributed by atoms with Crippen LogP contribution in [0.5, 0.6) is 0 Å². The van der Waals surface area contributed by atoms with E-state index in [-0.39, 0.29) is 29.3 Å². The molecular weight excluding hydrogens is 413 g/mol. The summed E-state index contributed by atoms with van der Waals surface area (Å²) < 4.78 is 4.89. The van der Waals surface area contributed by atoms with Crippen molar-refractivity contribution in [1.82, 2.24) is 4.90 Å². The number of Topliss-reactive ketones (excluding diaryl/α,β-unsaturated/α-hetero) is 1.